The standard InChI is InChI=1S/C18H21F3N2O.2ClH/c1-24-16-5-4-13-10-15(3-2-14(13)11-16)17(12-18(19,20)21)23-8-6-22-7-9-23;;/h2-5,10-11,17,22H,6-9,12H2,1H3;2*1H/t17-;;/m1../s1. The summed E-state index contributed by atoms with van der Waals surface area (Å²) in [6, 6.07) is 10.5. The van der Waals surface area contributed by atoms with Crippen LogP contribution < -0.4 is 10.1 Å². The largest absolute Gasteiger partial charge is 0.497 e. The maximum atomic E-state index is 13.1. The Morgan fingerprint density at radius 1 is 1.04 bits per heavy atom. The number of hydrogen-bond donors (Lipinski definition) is 1. The molecular weight excluding hydrogens is 388 g/mol. The number of alkyl halides is 3. The highest BCUT2D eigenvalue weighted by atomic mass is 35.5. The van der Waals surface area contributed by atoms with Crippen molar-refractivity contribution in [3.8, 4) is 5.75 Å². The van der Waals surface area contributed by atoms with Crippen LogP contribution >= 0.6 is 24.8 Å². The molecule has 146 valence electrons. The van der Waals surface area contributed by atoms with Crippen LogP contribution in [0.2, 0.25) is 0 Å². The van der Waals surface area contributed by atoms with Crippen LogP contribution in [0.15, 0.2) is 36.4 Å². The smallest absolute Gasteiger partial charge is 0.390 e. The average Bonchev–Trinajstić information content (AvgIpc) is 2.59. The van der Waals surface area contributed by atoms with E-state index < -0.39 is 18.6 Å². The molecule has 0 spiro atoms. The summed E-state index contributed by atoms with van der Waals surface area (Å²) in [5.74, 6) is 0.740. The zero-order chi connectivity index (χ0) is 17.2. The molecule has 0 amide bonds. The normalized spacial score (nSPS) is 16.5. The molecule has 1 aliphatic rings. The van der Waals surface area contributed by atoms with Gasteiger partial charge in [0, 0.05) is 32.2 Å². The maximum absolute atomic E-state index is 13.1. The minimum atomic E-state index is -4.19. The minimum absolute atomic E-state index is 0. The fourth-order valence-electron chi connectivity index (χ4n) is 3.25. The molecule has 3 nitrogen and oxygen atoms in total. The highest BCUT2D eigenvalue weighted by molar-refractivity contribution is 5.86. The predicted octanol–water partition coefficient (Wildman–Crippen LogP) is 4.59. The first-order chi connectivity index (χ1) is 11.5. The molecule has 1 aliphatic heterocycles. The Kier molecular flexibility index (Phi) is 8.47. The first kappa shape index (κ1) is 22.8. The third-order valence-electron chi connectivity index (χ3n) is 4.47. The number of fused-ring (bicyclic) bond motifs is 1. The quantitative estimate of drug-likeness (QED) is 0.797. The van der Waals surface area contributed by atoms with Crippen molar-refractivity contribution in [3.63, 3.8) is 0 Å². The Bertz CT molecular complexity index is 706. The molecule has 8 heteroatoms. The van der Waals surface area contributed by atoms with E-state index >= 15 is 0 Å². The van der Waals surface area contributed by atoms with Crippen LogP contribution in [0.25, 0.3) is 10.8 Å². The van der Waals surface area contributed by atoms with Gasteiger partial charge in [-0.15, -0.1) is 24.8 Å². The van der Waals surface area contributed by atoms with Gasteiger partial charge in [-0.25, -0.2) is 0 Å². The van der Waals surface area contributed by atoms with E-state index in [0.717, 1.165) is 29.6 Å². The Morgan fingerprint density at radius 2 is 1.65 bits per heavy atom. The third kappa shape index (κ3) is 5.64. The summed E-state index contributed by atoms with van der Waals surface area (Å²) in [4.78, 5) is 1.93. The highest BCUT2D eigenvalue weighted by Gasteiger charge is 2.36. The molecule has 1 N–H and O–H groups in total. The van der Waals surface area contributed by atoms with Crippen LogP contribution in [0, 0.1) is 0 Å². The summed E-state index contributed by atoms with van der Waals surface area (Å²) in [5, 5.41) is 5.08. The number of rotatable bonds is 4. The predicted molar refractivity (Wildman–Crippen MR) is 103 cm³/mol. The van der Waals surface area contributed by atoms with Crippen molar-refractivity contribution in [1.29, 1.82) is 0 Å². The van der Waals surface area contributed by atoms with E-state index in [-0.39, 0.29) is 24.8 Å². The molecule has 0 radical (unpaired) electrons. The SMILES string of the molecule is COc1ccc2cc([C@@H](CC(F)(F)F)N3CCNCC3)ccc2c1.Cl.Cl. The van der Waals surface area contributed by atoms with Crippen LogP contribution in [-0.4, -0.2) is 44.4 Å². The number of piperazine rings is 1. The van der Waals surface area contributed by atoms with Crippen LogP contribution in [0.5, 0.6) is 5.75 Å². The first-order valence-electron chi connectivity index (χ1n) is 8.05. The second kappa shape index (κ2) is 9.65. The molecule has 0 aliphatic carbocycles. The Hall–Kier alpha value is -1.21. The number of nitrogens with one attached hydrogen (secondary N) is 1. The van der Waals surface area contributed by atoms with Gasteiger partial charge in [-0.1, -0.05) is 18.2 Å². The van der Waals surface area contributed by atoms with E-state index in [9.17, 15) is 13.2 Å². The maximum Gasteiger partial charge on any atom is 0.390 e. The summed E-state index contributed by atoms with van der Waals surface area (Å²) in [5.41, 5.74) is 0.715. The van der Waals surface area contributed by atoms with E-state index in [1.807, 2.05) is 35.2 Å². The summed E-state index contributed by atoms with van der Waals surface area (Å²) < 4.78 is 44.5. The molecule has 1 atom stereocenters. The fraction of sp³-hybridized carbons (Fsp3) is 0.444. The van der Waals surface area contributed by atoms with Gasteiger partial charge < -0.3 is 10.1 Å². The molecule has 1 heterocycles. The Balaban J connectivity index is 0.00000169. The minimum Gasteiger partial charge on any atom is -0.497 e. The molecule has 0 aromatic heterocycles. The lowest BCUT2D eigenvalue weighted by molar-refractivity contribution is -0.148. The van der Waals surface area contributed by atoms with Gasteiger partial charge in [0.25, 0.3) is 0 Å². The van der Waals surface area contributed by atoms with Gasteiger partial charge in [-0.2, -0.15) is 13.2 Å². The molecule has 1 saturated heterocycles. The van der Waals surface area contributed by atoms with Gasteiger partial charge in [0.2, 0.25) is 0 Å². The Labute approximate surface area is 163 Å². The summed E-state index contributed by atoms with van der Waals surface area (Å²) in [7, 11) is 1.60. The number of halogens is 5. The molecule has 26 heavy (non-hydrogen) atoms. The number of ether oxygens (including phenoxy) is 1. The van der Waals surface area contributed by atoms with Crippen molar-refractivity contribution in [2.75, 3.05) is 33.3 Å². The van der Waals surface area contributed by atoms with Crippen molar-refractivity contribution >= 4 is 35.6 Å². The molecule has 1 fully saturated rings. The van der Waals surface area contributed by atoms with E-state index in [0.29, 0.717) is 18.7 Å². The van der Waals surface area contributed by atoms with E-state index in [1.54, 1.807) is 13.2 Å². The molecular formula is C18H23Cl2F3N2O. The third-order valence-corrected chi connectivity index (χ3v) is 4.47. The van der Waals surface area contributed by atoms with E-state index in [2.05, 4.69) is 5.32 Å². The zero-order valence-electron chi connectivity index (χ0n) is 14.4. The van der Waals surface area contributed by atoms with Gasteiger partial charge in [0.15, 0.2) is 0 Å². The molecule has 2 aromatic rings. The first-order valence-corrected chi connectivity index (χ1v) is 8.05. The van der Waals surface area contributed by atoms with Crippen LogP contribution in [0.4, 0.5) is 13.2 Å². The number of methoxy groups -OCH3 is 1. The summed E-state index contributed by atoms with van der Waals surface area (Å²) in [6.07, 6.45) is -5.01. The summed E-state index contributed by atoms with van der Waals surface area (Å²) >= 11 is 0. The van der Waals surface area contributed by atoms with Crippen molar-refractivity contribution in [2.24, 2.45) is 0 Å². The fourth-order valence-corrected chi connectivity index (χ4v) is 3.25. The Morgan fingerprint density at radius 3 is 2.27 bits per heavy atom. The zero-order valence-corrected chi connectivity index (χ0v) is 16.0. The van der Waals surface area contributed by atoms with Gasteiger partial charge in [0.05, 0.1) is 13.5 Å². The lowest BCUT2D eigenvalue weighted by Crippen LogP contribution is -2.46. The van der Waals surface area contributed by atoms with Gasteiger partial charge in [-0.05, 0) is 34.5 Å². The second-order valence-corrected chi connectivity index (χ2v) is 6.09. The van der Waals surface area contributed by atoms with Gasteiger partial charge >= 0.3 is 6.18 Å². The molecule has 0 bridgehead atoms. The van der Waals surface area contributed by atoms with Crippen LogP contribution in [0.3, 0.4) is 0 Å². The topological polar surface area (TPSA) is 24.5 Å². The lowest BCUT2D eigenvalue weighted by Gasteiger charge is -2.35. The van der Waals surface area contributed by atoms with Gasteiger partial charge in [-0.3, -0.25) is 4.90 Å². The monoisotopic (exact) mass is 410 g/mol. The molecule has 0 saturated carbocycles. The van der Waals surface area contributed by atoms with Crippen molar-refractivity contribution < 1.29 is 17.9 Å². The molecule has 0 unspecified atom stereocenters. The van der Waals surface area contributed by atoms with Crippen molar-refractivity contribution in [3.05, 3.63) is 42.0 Å². The van der Waals surface area contributed by atoms with Crippen molar-refractivity contribution in [1.82, 2.24) is 10.2 Å². The van der Waals surface area contributed by atoms with Gasteiger partial charge in [0.1, 0.15) is 5.75 Å². The average molecular weight is 411 g/mol. The second-order valence-electron chi connectivity index (χ2n) is 6.09. The van der Waals surface area contributed by atoms with Crippen LogP contribution in [-0.2, 0) is 0 Å². The van der Waals surface area contributed by atoms with Crippen LogP contribution in [0.1, 0.15) is 18.0 Å². The summed E-state index contributed by atoms with van der Waals surface area (Å²) in [6.45, 7) is 2.70. The highest BCUT2D eigenvalue weighted by Crippen LogP contribution is 2.35. The van der Waals surface area contributed by atoms with E-state index in [4.69, 9.17) is 4.74 Å². The van der Waals surface area contributed by atoms with Crippen molar-refractivity contribution in [2.45, 2.75) is 18.6 Å². The lowest BCUT2D eigenvalue weighted by atomic mass is 9.97. The van der Waals surface area contributed by atoms with E-state index in [1.165, 1.54) is 0 Å². The molecule has 3 rings (SSSR count). The molecule has 2 aromatic carbocycles. The number of hydrogen-bond acceptors (Lipinski definition) is 3. The number of benzene rings is 2. The number of nitrogens with zero attached hydrogens (tertiary/aromatic N) is 1.